The number of ether oxygens (including phenoxy) is 1. The van der Waals surface area contributed by atoms with Crippen LogP contribution in [0, 0.1) is 5.82 Å². The molecule has 1 amide bonds. The van der Waals surface area contributed by atoms with Crippen LogP contribution in [0.5, 0.6) is 5.75 Å². The number of nitrogens with zero attached hydrogens (tertiary/aromatic N) is 4. The van der Waals surface area contributed by atoms with Gasteiger partial charge in [0.2, 0.25) is 0 Å². The molecule has 1 heterocycles. The summed E-state index contributed by atoms with van der Waals surface area (Å²) in [5.41, 5.74) is 2.71. The molecule has 3 rings (SSSR count). The van der Waals surface area contributed by atoms with Crippen LogP contribution in [0.3, 0.4) is 0 Å². The third-order valence-corrected chi connectivity index (χ3v) is 5.23. The van der Waals surface area contributed by atoms with Crippen molar-refractivity contribution in [3.05, 3.63) is 84.5 Å². The van der Waals surface area contributed by atoms with Crippen LogP contribution in [-0.4, -0.2) is 32.1 Å². The topological polar surface area (TPSA) is 81.4 Å². The monoisotopic (exact) mass is 439 g/mol. The van der Waals surface area contributed by atoms with E-state index in [4.69, 9.17) is 4.74 Å². The fourth-order valence-corrected chi connectivity index (χ4v) is 3.41. The highest BCUT2D eigenvalue weighted by Crippen LogP contribution is 2.23. The van der Waals surface area contributed by atoms with Crippen LogP contribution >= 0.6 is 11.8 Å². The van der Waals surface area contributed by atoms with Crippen molar-refractivity contribution in [1.82, 2.24) is 20.2 Å². The molecular weight excluding hydrogens is 417 g/mol. The molecule has 0 saturated heterocycles. The van der Waals surface area contributed by atoms with Gasteiger partial charge in [-0.2, -0.15) is 5.10 Å². The number of halogens is 1. The Bertz CT molecular complexity index is 1060. The molecule has 0 radical (unpaired) electrons. The van der Waals surface area contributed by atoms with Crippen molar-refractivity contribution in [2.24, 2.45) is 5.10 Å². The molecule has 1 aromatic heterocycles. The Hall–Kier alpha value is -3.46. The zero-order valence-corrected chi connectivity index (χ0v) is 17.8. The zero-order valence-electron chi connectivity index (χ0n) is 16.9. The van der Waals surface area contributed by atoms with Gasteiger partial charge in [0, 0.05) is 12.1 Å². The van der Waals surface area contributed by atoms with Gasteiger partial charge in [0.25, 0.3) is 5.91 Å². The van der Waals surface area contributed by atoms with E-state index in [0.29, 0.717) is 17.5 Å². The fraction of sp³-hybridized carbons (Fsp3) is 0.182. The number of aromatic nitrogens is 3. The fourth-order valence-electron chi connectivity index (χ4n) is 2.54. The Morgan fingerprint density at radius 2 is 2.00 bits per heavy atom. The summed E-state index contributed by atoms with van der Waals surface area (Å²) in [5.74, 6) is 0.597. The number of hydrogen-bond acceptors (Lipinski definition) is 6. The summed E-state index contributed by atoms with van der Waals surface area (Å²) in [4.78, 5) is 12.4. The minimum absolute atomic E-state index is 0.235. The standard InChI is InChI=1S/C22H22FN5O2S/c1-3-13-28-20(15-30-18-10-5-4-6-11-18)25-27-22(28)31-16(2)21(29)26-24-14-17-9-7-8-12-19(17)23/h3-12,14,16H,1,13,15H2,2H3,(H,26,29)/b24-14-/t16-/m0/s1. The van der Waals surface area contributed by atoms with Crippen molar-refractivity contribution in [2.45, 2.75) is 30.5 Å². The largest absolute Gasteiger partial charge is 0.486 e. The Balaban J connectivity index is 1.61. The number of hydrogen-bond donors (Lipinski definition) is 1. The number of carbonyl (C=O) groups excluding carboxylic acids is 1. The van der Waals surface area contributed by atoms with Crippen molar-refractivity contribution < 1.29 is 13.9 Å². The van der Waals surface area contributed by atoms with Crippen molar-refractivity contribution in [3.8, 4) is 5.75 Å². The molecule has 0 unspecified atom stereocenters. The molecule has 160 valence electrons. The van der Waals surface area contributed by atoms with E-state index in [1.807, 2.05) is 34.9 Å². The lowest BCUT2D eigenvalue weighted by molar-refractivity contribution is -0.120. The Morgan fingerprint density at radius 1 is 1.26 bits per heavy atom. The van der Waals surface area contributed by atoms with Crippen molar-refractivity contribution in [2.75, 3.05) is 0 Å². The maximum absolute atomic E-state index is 13.6. The van der Waals surface area contributed by atoms with Gasteiger partial charge in [-0.15, -0.1) is 16.8 Å². The van der Waals surface area contributed by atoms with E-state index >= 15 is 0 Å². The zero-order chi connectivity index (χ0) is 22.1. The highest BCUT2D eigenvalue weighted by atomic mass is 32.2. The molecule has 3 aromatic rings. The van der Waals surface area contributed by atoms with E-state index in [-0.39, 0.29) is 18.1 Å². The van der Waals surface area contributed by atoms with E-state index in [1.54, 1.807) is 31.2 Å². The molecule has 31 heavy (non-hydrogen) atoms. The molecule has 0 bridgehead atoms. The summed E-state index contributed by atoms with van der Waals surface area (Å²) in [6, 6.07) is 15.6. The van der Waals surface area contributed by atoms with Crippen LogP contribution in [0.25, 0.3) is 0 Å². The van der Waals surface area contributed by atoms with Crippen LogP contribution in [0.2, 0.25) is 0 Å². The molecule has 9 heteroatoms. The van der Waals surface area contributed by atoms with Crippen LogP contribution in [-0.2, 0) is 17.9 Å². The molecule has 0 fully saturated rings. The van der Waals surface area contributed by atoms with Crippen molar-refractivity contribution in [3.63, 3.8) is 0 Å². The van der Waals surface area contributed by atoms with Gasteiger partial charge in [0.05, 0.1) is 11.5 Å². The smallest absolute Gasteiger partial charge is 0.253 e. The molecule has 0 aliphatic carbocycles. The minimum Gasteiger partial charge on any atom is -0.486 e. The maximum atomic E-state index is 13.6. The average molecular weight is 440 g/mol. The molecule has 2 aromatic carbocycles. The summed E-state index contributed by atoms with van der Waals surface area (Å²) in [6.45, 7) is 6.21. The van der Waals surface area contributed by atoms with Gasteiger partial charge in [0.15, 0.2) is 11.0 Å². The number of hydrazone groups is 1. The van der Waals surface area contributed by atoms with Gasteiger partial charge < -0.3 is 4.74 Å². The Kier molecular flexibility index (Phi) is 7.94. The van der Waals surface area contributed by atoms with Gasteiger partial charge >= 0.3 is 0 Å². The van der Waals surface area contributed by atoms with E-state index in [0.717, 1.165) is 5.75 Å². The Morgan fingerprint density at radius 3 is 2.74 bits per heavy atom. The lowest BCUT2D eigenvalue weighted by Crippen LogP contribution is -2.27. The lowest BCUT2D eigenvalue weighted by Gasteiger charge is -2.11. The molecule has 0 spiro atoms. The van der Waals surface area contributed by atoms with Gasteiger partial charge in [0.1, 0.15) is 18.2 Å². The number of nitrogens with one attached hydrogen (secondary N) is 1. The van der Waals surface area contributed by atoms with Crippen LogP contribution < -0.4 is 10.2 Å². The molecule has 0 aliphatic rings. The van der Waals surface area contributed by atoms with Gasteiger partial charge in [-0.3, -0.25) is 9.36 Å². The first-order valence-corrected chi connectivity index (χ1v) is 10.4. The maximum Gasteiger partial charge on any atom is 0.253 e. The van der Waals surface area contributed by atoms with Gasteiger partial charge in [-0.25, -0.2) is 9.82 Å². The highest BCUT2D eigenvalue weighted by Gasteiger charge is 2.20. The summed E-state index contributed by atoms with van der Waals surface area (Å²) in [5, 5.41) is 12.3. The van der Waals surface area contributed by atoms with E-state index in [9.17, 15) is 9.18 Å². The second-order valence-electron chi connectivity index (χ2n) is 6.42. The second kappa shape index (κ2) is 11.1. The van der Waals surface area contributed by atoms with Gasteiger partial charge in [-0.05, 0) is 25.1 Å². The van der Waals surface area contributed by atoms with Crippen LogP contribution in [0.4, 0.5) is 4.39 Å². The number of carbonyl (C=O) groups is 1. The van der Waals surface area contributed by atoms with E-state index in [2.05, 4.69) is 27.3 Å². The number of rotatable bonds is 10. The molecular formula is C22H22FN5O2S. The second-order valence-corrected chi connectivity index (χ2v) is 7.72. The number of amides is 1. The number of allylic oxidation sites excluding steroid dienone is 1. The summed E-state index contributed by atoms with van der Waals surface area (Å²) >= 11 is 1.24. The quantitative estimate of drug-likeness (QED) is 0.225. The number of benzene rings is 2. The SMILES string of the molecule is C=CCn1c(COc2ccccc2)nnc1S[C@@H](C)C(=O)N/N=C\c1ccccc1F. The van der Waals surface area contributed by atoms with Crippen molar-refractivity contribution >= 4 is 23.9 Å². The van der Waals surface area contributed by atoms with Crippen molar-refractivity contribution in [1.29, 1.82) is 0 Å². The molecule has 0 aliphatic heterocycles. The summed E-state index contributed by atoms with van der Waals surface area (Å²) in [7, 11) is 0. The van der Waals surface area contributed by atoms with Gasteiger partial charge in [-0.1, -0.05) is 54.2 Å². The third-order valence-electron chi connectivity index (χ3n) is 4.15. The minimum atomic E-state index is -0.506. The predicted molar refractivity (Wildman–Crippen MR) is 118 cm³/mol. The van der Waals surface area contributed by atoms with E-state index < -0.39 is 11.1 Å². The number of thioether (sulfide) groups is 1. The first-order valence-electron chi connectivity index (χ1n) is 9.53. The predicted octanol–water partition coefficient (Wildman–Crippen LogP) is 3.81. The van der Waals surface area contributed by atoms with E-state index in [1.165, 1.54) is 24.0 Å². The normalized spacial score (nSPS) is 11.9. The summed E-state index contributed by atoms with van der Waals surface area (Å²) < 4.78 is 21.2. The summed E-state index contributed by atoms with van der Waals surface area (Å²) in [6.07, 6.45) is 2.99. The lowest BCUT2D eigenvalue weighted by atomic mass is 10.2. The first-order chi connectivity index (χ1) is 15.1. The third kappa shape index (κ3) is 6.26. The first kappa shape index (κ1) is 22.2. The van der Waals surface area contributed by atoms with Crippen LogP contribution in [0.1, 0.15) is 18.3 Å². The molecule has 1 atom stereocenters. The number of para-hydroxylation sites is 1. The molecule has 0 saturated carbocycles. The molecule has 7 nitrogen and oxygen atoms in total. The average Bonchev–Trinajstić information content (AvgIpc) is 3.15. The van der Waals surface area contributed by atoms with Crippen LogP contribution in [0.15, 0.2) is 77.5 Å². The Labute approximate surface area is 184 Å². The molecule has 1 N–H and O–H groups in total. The highest BCUT2D eigenvalue weighted by molar-refractivity contribution is 8.00.